The van der Waals surface area contributed by atoms with Crippen LogP contribution in [0.5, 0.6) is 0 Å². The van der Waals surface area contributed by atoms with Gasteiger partial charge in [-0.1, -0.05) is 243 Å². The van der Waals surface area contributed by atoms with E-state index in [1.807, 2.05) is 45.3 Å². The van der Waals surface area contributed by atoms with Gasteiger partial charge in [0.2, 0.25) is 0 Å². The predicted octanol–water partition coefficient (Wildman–Crippen LogP) is 29.7. The normalized spacial score (nSPS) is 12.4. The van der Waals surface area contributed by atoms with Crippen molar-refractivity contribution in [3.05, 3.63) is 315 Å². The lowest BCUT2D eigenvalue weighted by molar-refractivity contribution is 1.54. The van der Waals surface area contributed by atoms with Crippen LogP contribution in [0.2, 0.25) is 0 Å². The van der Waals surface area contributed by atoms with E-state index in [2.05, 4.69) is 315 Å². The van der Waals surface area contributed by atoms with Crippen LogP contribution in [0.4, 0.5) is 0 Å². The fourth-order valence-corrected chi connectivity index (χ4v) is 22.5. The zero-order valence-corrected chi connectivity index (χ0v) is 56.9. The van der Waals surface area contributed by atoms with Crippen molar-refractivity contribution in [2.75, 3.05) is 0 Å². The summed E-state index contributed by atoms with van der Waals surface area (Å²) in [5.74, 6) is 0. The summed E-state index contributed by atoms with van der Waals surface area (Å²) in [5.41, 5.74) is 19.5. The number of benzene rings is 18. The highest BCUT2D eigenvalue weighted by Gasteiger charge is 2.31. The fraction of sp³-hybridized carbons (Fsp3) is 0. The highest BCUT2D eigenvalue weighted by Crippen LogP contribution is 2.59. The van der Waals surface area contributed by atoms with E-state index in [1.54, 1.807) is 0 Å². The number of hydrogen-bond acceptors (Lipinski definition) is 4. The Morgan fingerprint density at radius 1 is 0.110 bits per heavy atom. The molecule has 23 rings (SSSR count). The zero-order chi connectivity index (χ0) is 65.0. The Bertz CT molecular complexity index is 6530. The molecule has 0 bridgehead atoms. The summed E-state index contributed by atoms with van der Waals surface area (Å²) in [5, 5.41) is 25.3. The predicted molar refractivity (Wildman–Crippen MR) is 440 cm³/mol. The van der Waals surface area contributed by atoms with Crippen LogP contribution in [0.3, 0.4) is 0 Å². The van der Waals surface area contributed by atoms with Crippen molar-refractivity contribution >= 4 is 191 Å². The molecule has 0 aliphatic heterocycles. The van der Waals surface area contributed by atoms with E-state index in [0.717, 1.165) is 0 Å². The van der Waals surface area contributed by atoms with Crippen molar-refractivity contribution < 1.29 is 0 Å². The van der Waals surface area contributed by atoms with Crippen LogP contribution in [-0.4, -0.2) is 0 Å². The smallest absolute Gasteiger partial charge is 0.0434 e. The van der Waals surface area contributed by atoms with Gasteiger partial charge in [0.25, 0.3) is 0 Å². The second-order valence-corrected chi connectivity index (χ2v) is 31.3. The minimum absolute atomic E-state index is 1.21. The summed E-state index contributed by atoms with van der Waals surface area (Å²) in [6.45, 7) is 0. The minimum Gasteiger partial charge on any atom is -0.135 e. The molecule has 0 atom stereocenters. The van der Waals surface area contributed by atoms with E-state index in [-0.39, 0.29) is 0 Å². The Balaban J connectivity index is 0.956. The molecule has 460 valence electrons. The number of hydrogen-bond donors (Lipinski definition) is 0. The average molecular weight is 1330 g/mol. The van der Waals surface area contributed by atoms with Gasteiger partial charge >= 0.3 is 0 Å². The van der Waals surface area contributed by atoms with Gasteiger partial charge in [0, 0.05) is 103 Å². The maximum absolute atomic E-state index is 2.65. The molecule has 0 spiro atoms. The molecule has 1 aliphatic carbocycles. The summed E-state index contributed by atoms with van der Waals surface area (Å²) in [6, 6.07) is 122. The first kappa shape index (κ1) is 55.4. The Kier molecular flexibility index (Phi) is 11.6. The van der Waals surface area contributed by atoms with Gasteiger partial charge < -0.3 is 0 Å². The second-order valence-electron chi connectivity index (χ2n) is 27.1. The van der Waals surface area contributed by atoms with Gasteiger partial charge in [-0.05, 0) is 204 Å². The molecule has 0 fully saturated rings. The first-order valence-corrected chi connectivity index (χ1v) is 37.6. The van der Waals surface area contributed by atoms with E-state index in [4.69, 9.17) is 0 Å². The first-order valence-electron chi connectivity index (χ1n) is 34.3. The maximum atomic E-state index is 2.65. The monoisotopic (exact) mass is 1330 g/mol. The standard InChI is InChI=1S/C96H52S4/c1-5-25-57-53(21-1)54-22-2-6-26-58(54)74-46-82-81(45-73(57)74)85-49-77(69-37-17-33-65-61-29-9-13-41-89(61)97-93(65)69)79(71-39-19-35-67-63-31-11-15-43-91(63)99-95(67)71)51-87(85)83-47-75-59-27-7-3-23-55(59)56-24-4-8-28-60(56)76(75)48-84(83)88-52-80(72-40-20-36-68-64-32-12-16-44-92(64)100-96(68)72)78(50-86(82)88)70-38-18-34-66-62-30-10-14-42-90(62)98-94(66)70/h1-52H. The molecule has 0 N–H and O–H groups in total. The number of thiophene rings is 4. The number of fused-ring (bicyclic) bond motifs is 32. The molecule has 18 aromatic carbocycles. The van der Waals surface area contributed by atoms with Crippen molar-refractivity contribution in [2.45, 2.75) is 0 Å². The lowest BCUT2D eigenvalue weighted by atomic mass is 9.75. The minimum atomic E-state index is 1.21. The molecule has 0 saturated carbocycles. The van der Waals surface area contributed by atoms with Crippen molar-refractivity contribution in [1.29, 1.82) is 0 Å². The molecular weight excluding hydrogens is 1280 g/mol. The lowest BCUT2D eigenvalue weighted by Gasteiger charge is -2.28. The van der Waals surface area contributed by atoms with Crippen LogP contribution < -0.4 is 0 Å². The molecule has 4 aromatic heterocycles. The third kappa shape index (κ3) is 7.79. The van der Waals surface area contributed by atoms with E-state index in [1.165, 1.54) is 234 Å². The van der Waals surface area contributed by atoms with Crippen molar-refractivity contribution in [3.8, 4) is 89.0 Å². The fourth-order valence-electron chi connectivity index (χ4n) is 17.6. The van der Waals surface area contributed by atoms with Crippen molar-refractivity contribution in [1.82, 2.24) is 0 Å². The largest absolute Gasteiger partial charge is 0.135 e. The molecule has 0 radical (unpaired) electrons. The Morgan fingerprint density at radius 3 is 0.490 bits per heavy atom. The molecule has 1 aliphatic rings. The molecule has 0 unspecified atom stereocenters. The molecule has 0 amide bonds. The topological polar surface area (TPSA) is 0 Å². The average Bonchev–Trinajstić information content (AvgIpc) is 0.740. The van der Waals surface area contributed by atoms with Gasteiger partial charge in [-0.3, -0.25) is 0 Å². The SMILES string of the molecule is c1ccc2c(c1)sc1c(-c3cc4c(cc3-c3cccc5c3sc3ccccc35)-c3cc5c6ccccc6c6ccccc6c5cc3-c3cc(-c5cccc6c5sc5ccccc56)c(-c5cccc6c5sc5ccccc56)cc3-c3cc5c6ccccc6c6ccccc6c5cc3-4)cccc12. The van der Waals surface area contributed by atoms with Gasteiger partial charge in [-0.2, -0.15) is 0 Å². The van der Waals surface area contributed by atoms with E-state index < -0.39 is 0 Å². The van der Waals surface area contributed by atoms with Crippen molar-refractivity contribution in [2.24, 2.45) is 0 Å². The molecule has 100 heavy (non-hydrogen) atoms. The Labute approximate surface area is 590 Å². The second kappa shape index (κ2) is 21.0. The van der Waals surface area contributed by atoms with Gasteiger partial charge in [0.15, 0.2) is 0 Å². The van der Waals surface area contributed by atoms with Gasteiger partial charge in [-0.25, -0.2) is 0 Å². The van der Waals surface area contributed by atoms with Crippen LogP contribution in [0.1, 0.15) is 0 Å². The third-order valence-corrected chi connectivity index (χ3v) is 26.9. The molecule has 4 heteroatoms. The molecular formula is C96H52S4. The summed E-state index contributed by atoms with van der Waals surface area (Å²) in [4.78, 5) is 0. The van der Waals surface area contributed by atoms with Crippen LogP contribution in [-0.2, 0) is 0 Å². The zero-order valence-electron chi connectivity index (χ0n) is 53.7. The molecule has 0 nitrogen and oxygen atoms in total. The highest BCUT2D eigenvalue weighted by atomic mass is 32.1. The summed E-state index contributed by atoms with van der Waals surface area (Å²) in [7, 11) is 0. The van der Waals surface area contributed by atoms with Gasteiger partial charge in [0.1, 0.15) is 0 Å². The van der Waals surface area contributed by atoms with Gasteiger partial charge in [0.05, 0.1) is 0 Å². The summed E-state index contributed by atoms with van der Waals surface area (Å²) in [6.07, 6.45) is 0. The van der Waals surface area contributed by atoms with Gasteiger partial charge in [-0.15, -0.1) is 45.3 Å². The molecule has 22 aromatic rings. The Hall–Kier alpha value is -11.6. The highest BCUT2D eigenvalue weighted by molar-refractivity contribution is 7.27. The first-order chi connectivity index (χ1) is 49.6. The van der Waals surface area contributed by atoms with Crippen LogP contribution in [0.25, 0.3) is 234 Å². The summed E-state index contributed by atoms with van der Waals surface area (Å²) >= 11 is 7.67. The number of rotatable bonds is 4. The lowest BCUT2D eigenvalue weighted by Crippen LogP contribution is -2.02. The quantitative estimate of drug-likeness (QED) is 0.154. The Morgan fingerprint density at radius 2 is 0.270 bits per heavy atom. The maximum Gasteiger partial charge on any atom is 0.0434 e. The van der Waals surface area contributed by atoms with E-state index in [0.29, 0.717) is 0 Å². The third-order valence-electron chi connectivity index (χ3n) is 22.0. The van der Waals surface area contributed by atoms with Crippen molar-refractivity contribution in [3.63, 3.8) is 0 Å². The summed E-state index contributed by atoms with van der Waals surface area (Å²) < 4.78 is 10.4. The van der Waals surface area contributed by atoms with Crippen LogP contribution in [0, 0.1) is 0 Å². The molecule has 4 heterocycles. The van der Waals surface area contributed by atoms with E-state index >= 15 is 0 Å². The van der Waals surface area contributed by atoms with Crippen LogP contribution in [0.15, 0.2) is 315 Å². The van der Waals surface area contributed by atoms with E-state index in [9.17, 15) is 0 Å². The molecule has 0 saturated heterocycles. The van der Waals surface area contributed by atoms with Crippen LogP contribution >= 0.6 is 45.3 Å².